The van der Waals surface area contributed by atoms with Crippen molar-refractivity contribution in [3.63, 3.8) is 0 Å². The third kappa shape index (κ3) is 4.29. The summed E-state index contributed by atoms with van der Waals surface area (Å²) in [4.78, 5) is 0. The van der Waals surface area contributed by atoms with Crippen molar-refractivity contribution >= 4 is 27.5 Å². The topological polar surface area (TPSA) is 13.1 Å². The first kappa shape index (κ1) is 21.2. The molecule has 35 heavy (non-hydrogen) atoms. The average molecular weight is 451 g/mol. The minimum Gasteiger partial charge on any atom is -0.456 e. The molecule has 0 radical (unpaired) electrons. The van der Waals surface area contributed by atoms with Crippen LogP contribution in [0.15, 0.2) is 132 Å². The van der Waals surface area contributed by atoms with Crippen LogP contribution < -0.4 is 0 Å². The Morgan fingerprint density at radius 2 is 1.23 bits per heavy atom. The molecule has 168 valence electrons. The van der Waals surface area contributed by atoms with E-state index in [1.807, 2.05) is 12.1 Å². The summed E-state index contributed by atoms with van der Waals surface area (Å²) in [5.74, 6) is 0. The molecular weight excluding hydrogens is 424 g/mol. The van der Waals surface area contributed by atoms with Crippen LogP contribution in [0.25, 0.3) is 49.8 Å². The molecule has 0 atom stereocenters. The van der Waals surface area contributed by atoms with Crippen LogP contribution in [-0.4, -0.2) is 0 Å². The maximum atomic E-state index is 6.07. The summed E-state index contributed by atoms with van der Waals surface area (Å²) in [6, 6.07) is 42.9. The Morgan fingerprint density at radius 3 is 2.06 bits per heavy atom. The fourth-order valence-corrected chi connectivity index (χ4v) is 4.72. The summed E-state index contributed by atoms with van der Waals surface area (Å²) in [6.07, 6.45) is 3.18. The van der Waals surface area contributed by atoms with Gasteiger partial charge in [0, 0.05) is 10.8 Å². The number of rotatable bonds is 5. The van der Waals surface area contributed by atoms with E-state index in [2.05, 4.69) is 122 Å². The number of furan rings is 1. The summed E-state index contributed by atoms with van der Waals surface area (Å²) in [5.41, 5.74) is 10.6. The predicted octanol–water partition coefficient (Wildman–Crippen LogP) is 9.57. The lowest BCUT2D eigenvalue weighted by molar-refractivity contribution is 0.668. The van der Waals surface area contributed by atoms with E-state index in [0.717, 1.165) is 17.6 Å². The van der Waals surface area contributed by atoms with Gasteiger partial charge in [-0.2, -0.15) is 0 Å². The Morgan fingerprint density at radius 1 is 0.571 bits per heavy atom. The molecule has 0 aliphatic carbocycles. The molecule has 5 aromatic carbocycles. The lowest BCUT2D eigenvalue weighted by Crippen LogP contribution is -1.86. The smallest absolute Gasteiger partial charge is 0.135 e. The zero-order valence-electron chi connectivity index (χ0n) is 19.7. The van der Waals surface area contributed by atoms with Crippen LogP contribution in [0.1, 0.15) is 18.1 Å². The Bertz CT molecular complexity index is 1650. The third-order valence-electron chi connectivity index (χ3n) is 6.73. The molecule has 0 aliphatic rings. The van der Waals surface area contributed by atoms with Crippen molar-refractivity contribution < 1.29 is 4.42 Å². The lowest BCUT2D eigenvalue weighted by Gasteiger charge is -2.08. The fourth-order valence-electron chi connectivity index (χ4n) is 4.72. The van der Waals surface area contributed by atoms with Gasteiger partial charge in [-0.05, 0) is 70.5 Å². The minimum absolute atomic E-state index is 0.870. The van der Waals surface area contributed by atoms with Crippen LogP contribution in [0, 0.1) is 0 Å². The maximum absolute atomic E-state index is 6.07. The van der Waals surface area contributed by atoms with Crippen molar-refractivity contribution in [2.45, 2.75) is 13.3 Å². The van der Waals surface area contributed by atoms with Crippen LogP contribution in [-0.2, 0) is 6.42 Å². The average Bonchev–Trinajstić information content (AvgIpc) is 3.30. The van der Waals surface area contributed by atoms with E-state index >= 15 is 0 Å². The second-order valence-electron chi connectivity index (χ2n) is 9.04. The maximum Gasteiger partial charge on any atom is 0.135 e. The van der Waals surface area contributed by atoms with E-state index in [4.69, 9.17) is 4.42 Å². The van der Waals surface area contributed by atoms with Gasteiger partial charge in [-0.3, -0.25) is 0 Å². The molecule has 6 aromatic rings. The van der Waals surface area contributed by atoms with Crippen LogP contribution in [0.3, 0.4) is 0 Å². The number of fused-ring (bicyclic) bond motifs is 3. The molecule has 0 amide bonds. The van der Waals surface area contributed by atoms with Crippen molar-refractivity contribution in [1.29, 1.82) is 0 Å². The van der Waals surface area contributed by atoms with E-state index in [-0.39, 0.29) is 0 Å². The molecule has 0 spiro atoms. The van der Waals surface area contributed by atoms with Gasteiger partial charge in [0.25, 0.3) is 0 Å². The van der Waals surface area contributed by atoms with E-state index < -0.39 is 0 Å². The number of allylic oxidation sites excluding steroid dienone is 2. The second-order valence-corrected chi connectivity index (χ2v) is 9.04. The molecule has 1 nitrogen and oxygen atoms in total. The zero-order chi connectivity index (χ0) is 23.6. The highest BCUT2D eigenvalue weighted by molar-refractivity contribution is 6.04. The molecule has 0 saturated carbocycles. The Hall–Kier alpha value is -4.36. The van der Waals surface area contributed by atoms with E-state index in [1.165, 1.54) is 49.7 Å². The zero-order valence-corrected chi connectivity index (χ0v) is 19.7. The van der Waals surface area contributed by atoms with Gasteiger partial charge in [0.1, 0.15) is 11.2 Å². The van der Waals surface area contributed by atoms with Gasteiger partial charge in [0.2, 0.25) is 0 Å². The largest absolute Gasteiger partial charge is 0.456 e. The van der Waals surface area contributed by atoms with Crippen molar-refractivity contribution in [2.24, 2.45) is 0 Å². The van der Waals surface area contributed by atoms with Gasteiger partial charge in [-0.1, -0.05) is 109 Å². The lowest BCUT2D eigenvalue weighted by atomic mass is 9.97. The van der Waals surface area contributed by atoms with Gasteiger partial charge < -0.3 is 4.42 Å². The van der Waals surface area contributed by atoms with Gasteiger partial charge >= 0.3 is 0 Å². The molecule has 0 saturated heterocycles. The molecule has 0 aliphatic heterocycles. The van der Waals surface area contributed by atoms with E-state index in [1.54, 1.807) is 0 Å². The highest BCUT2D eigenvalue weighted by Gasteiger charge is 2.07. The molecule has 1 heteroatoms. The Balaban J connectivity index is 1.22. The molecule has 0 fully saturated rings. The quantitative estimate of drug-likeness (QED) is 0.255. The van der Waals surface area contributed by atoms with Crippen LogP contribution in [0.4, 0.5) is 0 Å². The standard InChI is InChI=1S/C34H26O/c1-24(14-15-25-16-21-32-31-12-5-6-13-33(31)35-34(32)22-25)29-10-7-11-30(23-29)28-19-17-27(18-20-28)26-8-3-2-4-9-26/h2-14,16-23H,15H2,1H3/b24-14+. The first-order chi connectivity index (χ1) is 17.2. The molecule has 1 heterocycles. The summed E-state index contributed by atoms with van der Waals surface area (Å²) >= 11 is 0. The predicted molar refractivity (Wildman–Crippen MR) is 148 cm³/mol. The highest BCUT2D eigenvalue weighted by Crippen LogP contribution is 2.30. The molecule has 0 N–H and O–H groups in total. The van der Waals surface area contributed by atoms with Crippen LogP contribution >= 0.6 is 0 Å². The Kier molecular flexibility index (Phi) is 5.52. The SMILES string of the molecule is C/C(=C\Cc1ccc2c(c1)oc1ccccc12)c1cccc(-c2ccc(-c3ccccc3)cc2)c1. The van der Waals surface area contributed by atoms with Crippen molar-refractivity contribution in [3.05, 3.63) is 139 Å². The van der Waals surface area contributed by atoms with Crippen molar-refractivity contribution in [2.75, 3.05) is 0 Å². The summed E-state index contributed by atoms with van der Waals surface area (Å²) in [6.45, 7) is 2.19. The normalized spacial score (nSPS) is 11.9. The third-order valence-corrected chi connectivity index (χ3v) is 6.73. The molecular formula is C34H26O. The van der Waals surface area contributed by atoms with Crippen LogP contribution in [0.5, 0.6) is 0 Å². The summed E-state index contributed by atoms with van der Waals surface area (Å²) in [5, 5.41) is 2.35. The van der Waals surface area contributed by atoms with Gasteiger partial charge in [0.05, 0.1) is 0 Å². The fraction of sp³-hybridized carbons (Fsp3) is 0.0588. The monoisotopic (exact) mass is 450 g/mol. The molecule has 6 rings (SSSR count). The van der Waals surface area contributed by atoms with Gasteiger partial charge in [-0.15, -0.1) is 0 Å². The van der Waals surface area contributed by atoms with Gasteiger partial charge in [0.15, 0.2) is 0 Å². The highest BCUT2D eigenvalue weighted by atomic mass is 16.3. The van der Waals surface area contributed by atoms with E-state index in [0.29, 0.717) is 0 Å². The van der Waals surface area contributed by atoms with Crippen molar-refractivity contribution in [3.8, 4) is 22.3 Å². The molecule has 1 aromatic heterocycles. The van der Waals surface area contributed by atoms with E-state index in [9.17, 15) is 0 Å². The molecule has 0 unspecified atom stereocenters. The first-order valence-electron chi connectivity index (χ1n) is 12.1. The first-order valence-corrected chi connectivity index (χ1v) is 12.1. The number of hydrogen-bond acceptors (Lipinski definition) is 1. The minimum atomic E-state index is 0.870. The number of hydrogen-bond donors (Lipinski definition) is 0. The van der Waals surface area contributed by atoms with Gasteiger partial charge in [-0.25, -0.2) is 0 Å². The second kappa shape index (κ2) is 9.12. The Labute approximate surface area is 206 Å². The number of para-hydroxylation sites is 1. The van der Waals surface area contributed by atoms with Crippen LogP contribution in [0.2, 0.25) is 0 Å². The number of benzene rings is 5. The summed E-state index contributed by atoms with van der Waals surface area (Å²) < 4.78 is 6.07. The van der Waals surface area contributed by atoms with Crippen molar-refractivity contribution in [1.82, 2.24) is 0 Å². The molecule has 0 bridgehead atoms. The summed E-state index contributed by atoms with van der Waals surface area (Å²) in [7, 11) is 0.